The lowest BCUT2D eigenvalue weighted by Gasteiger charge is -2.55. The molecule has 19 heavy (non-hydrogen) atoms. The van der Waals surface area contributed by atoms with E-state index in [-0.39, 0.29) is 17.4 Å². The van der Waals surface area contributed by atoms with E-state index >= 15 is 0 Å². The molecule has 1 atom stereocenters. The lowest BCUT2D eigenvalue weighted by molar-refractivity contribution is 0.00602. The van der Waals surface area contributed by atoms with Gasteiger partial charge in [-0.15, -0.1) is 0 Å². The smallest absolute Gasteiger partial charge is 0.258 e. The SMILES string of the molecule is CC(C)N1C(=O)c2ccccc2NC1(C)C(C)(C)C. The van der Waals surface area contributed by atoms with Gasteiger partial charge in [-0.1, -0.05) is 32.9 Å². The summed E-state index contributed by atoms with van der Waals surface area (Å²) in [5.41, 5.74) is 1.23. The Labute approximate surface area is 116 Å². The van der Waals surface area contributed by atoms with Crippen molar-refractivity contribution >= 4 is 11.6 Å². The number of carbonyl (C=O) groups is 1. The summed E-state index contributed by atoms with van der Waals surface area (Å²) >= 11 is 0. The minimum Gasteiger partial charge on any atom is -0.362 e. The van der Waals surface area contributed by atoms with E-state index in [0.29, 0.717) is 0 Å². The highest BCUT2D eigenvalue weighted by molar-refractivity contribution is 6.02. The number of carbonyl (C=O) groups excluding carboxylic acids is 1. The van der Waals surface area contributed by atoms with E-state index in [9.17, 15) is 4.79 Å². The number of para-hydroxylation sites is 1. The third-order valence-electron chi connectivity index (χ3n) is 4.21. The molecule has 1 aliphatic heterocycles. The zero-order chi connectivity index (χ0) is 14.4. The normalized spacial score (nSPS) is 23.3. The number of benzene rings is 1. The van der Waals surface area contributed by atoms with Crippen LogP contribution in [0.5, 0.6) is 0 Å². The average molecular weight is 260 g/mol. The lowest BCUT2D eigenvalue weighted by atomic mass is 9.77. The number of nitrogens with zero attached hydrogens (tertiary/aromatic N) is 1. The van der Waals surface area contributed by atoms with Crippen molar-refractivity contribution in [3.63, 3.8) is 0 Å². The van der Waals surface area contributed by atoms with E-state index in [4.69, 9.17) is 0 Å². The first-order valence-corrected chi connectivity index (χ1v) is 6.89. The van der Waals surface area contributed by atoms with Crippen LogP contribution in [0.1, 0.15) is 51.9 Å². The summed E-state index contributed by atoms with van der Waals surface area (Å²) in [4.78, 5) is 14.8. The van der Waals surface area contributed by atoms with Gasteiger partial charge in [-0.2, -0.15) is 0 Å². The molecule has 2 rings (SSSR count). The summed E-state index contributed by atoms with van der Waals surface area (Å²) in [7, 11) is 0. The molecule has 104 valence electrons. The van der Waals surface area contributed by atoms with Gasteiger partial charge in [0.15, 0.2) is 0 Å². The molecule has 0 saturated heterocycles. The van der Waals surface area contributed by atoms with Crippen molar-refractivity contribution in [1.82, 2.24) is 4.90 Å². The Morgan fingerprint density at radius 2 is 1.79 bits per heavy atom. The molecular formula is C16H24N2O. The molecule has 1 aromatic carbocycles. The standard InChI is InChI=1S/C16H24N2O/c1-11(2)18-14(19)12-9-7-8-10-13(12)17-16(18,6)15(3,4)5/h7-11,17H,1-6H3. The summed E-state index contributed by atoms with van der Waals surface area (Å²) in [6.45, 7) is 12.7. The molecule has 0 radical (unpaired) electrons. The van der Waals surface area contributed by atoms with Crippen molar-refractivity contribution in [2.75, 3.05) is 5.32 Å². The van der Waals surface area contributed by atoms with Crippen molar-refractivity contribution in [3.8, 4) is 0 Å². The van der Waals surface area contributed by atoms with Gasteiger partial charge in [0.1, 0.15) is 5.66 Å². The molecule has 1 aromatic rings. The summed E-state index contributed by atoms with van der Waals surface area (Å²) in [5, 5.41) is 3.58. The van der Waals surface area contributed by atoms with E-state index < -0.39 is 5.66 Å². The van der Waals surface area contributed by atoms with Gasteiger partial charge in [0.2, 0.25) is 0 Å². The molecule has 0 spiro atoms. The largest absolute Gasteiger partial charge is 0.362 e. The van der Waals surface area contributed by atoms with E-state index in [1.54, 1.807) is 0 Å². The molecule has 0 aromatic heterocycles. The molecule has 3 nitrogen and oxygen atoms in total. The Hall–Kier alpha value is -1.51. The predicted molar refractivity (Wildman–Crippen MR) is 79.2 cm³/mol. The first-order chi connectivity index (χ1) is 8.68. The second kappa shape index (κ2) is 4.26. The van der Waals surface area contributed by atoms with Crippen molar-refractivity contribution in [3.05, 3.63) is 29.8 Å². The van der Waals surface area contributed by atoms with Crippen molar-refractivity contribution in [1.29, 1.82) is 0 Å². The number of fused-ring (bicyclic) bond motifs is 1. The minimum absolute atomic E-state index is 0.0690. The second-order valence-electron chi connectivity index (χ2n) is 6.76. The summed E-state index contributed by atoms with van der Waals surface area (Å²) in [6, 6.07) is 7.90. The van der Waals surface area contributed by atoms with Crippen LogP contribution in [0.2, 0.25) is 0 Å². The van der Waals surface area contributed by atoms with Gasteiger partial charge in [-0.25, -0.2) is 0 Å². The Morgan fingerprint density at radius 3 is 2.32 bits per heavy atom. The summed E-state index contributed by atoms with van der Waals surface area (Å²) in [5.74, 6) is 0.113. The van der Waals surface area contributed by atoms with Crippen LogP contribution in [0.3, 0.4) is 0 Å². The molecule has 0 bridgehead atoms. The Kier molecular flexibility index (Phi) is 3.12. The van der Waals surface area contributed by atoms with Gasteiger partial charge in [-0.3, -0.25) is 4.79 Å². The zero-order valence-corrected chi connectivity index (χ0v) is 12.7. The summed E-state index contributed by atoms with van der Waals surface area (Å²) < 4.78 is 0. The number of nitrogens with one attached hydrogen (secondary N) is 1. The topological polar surface area (TPSA) is 32.3 Å². The highest BCUT2D eigenvalue weighted by Crippen LogP contribution is 2.42. The minimum atomic E-state index is -0.396. The van der Waals surface area contributed by atoms with Crippen molar-refractivity contribution in [2.24, 2.45) is 5.41 Å². The molecule has 0 aliphatic carbocycles. The number of anilines is 1. The molecule has 0 fully saturated rings. The van der Waals surface area contributed by atoms with Crippen molar-refractivity contribution < 1.29 is 4.79 Å². The van der Waals surface area contributed by atoms with Crippen molar-refractivity contribution in [2.45, 2.75) is 53.2 Å². The fraction of sp³-hybridized carbons (Fsp3) is 0.562. The van der Waals surface area contributed by atoms with E-state index in [1.807, 2.05) is 29.2 Å². The van der Waals surface area contributed by atoms with Gasteiger partial charge in [0.05, 0.1) is 5.56 Å². The molecule has 1 heterocycles. The number of amides is 1. The fourth-order valence-corrected chi connectivity index (χ4v) is 2.73. The third-order valence-corrected chi connectivity index (χ3v) is 4.21. The van der Waals surface area contributed by atoms with Crippen LogP contribution < -0.4 is 5.32 Å². The number of hydrogen-bond donors (Lipinski definition) is 1. The Balaban J connectivity index is 2.61. The van der Waals surface area contributed by atoms with E-state index in [2.05, 4.69) is 46.9 Å². The zero-order valence-electron chi connectivity index (χ0n) is 12.7. The molecule has 1 amide bonds. The fourth-order valence-electron chi connectivity index (χ4n) is 2.73. The second-order valence-corrected chi connectivity index (χ2v) is 6.76. The average Bonchev–Trinajstić information content (AvgIpc) is 2.27. The highest BCUT2D eigenvalue weighted by atomic mass is 16.2. The third kappa shape index (κ3) is 2.01. The Morgan fingerprint density at radius 1 is 1.21 bits per heavy atom. The van der Waals surface area contributed by atoms with Crippen LogP contribution in [-0.2, 0) is 0 Å². The predicted octanol–water partition coefficient (Wildman–Crippen LogP) is 3.73. The first-order valence-electron chi connectivity index (χ1n) is 6.89. The summed E-state index contributed by atoms with van der Waals surface area (Å²) in [6.07, 6.45) is 0. The van der Waals surface area contributed by atoms with Crippen LogP contribution >= 0.6 is 0 Å². The molecule has 0 saturated carbocycles. The van der Waals surface area contributed by atoms with Crippen LogP contribution in [0.4, 0.5) is 5.69 Å². The Bertz CT molecular complexity index is 502. The van der Waals surface area contributed by atoms with Crippen LogP contribution in [-0.4, -0.2) is 22.5 Å². The van der Waals surface area contributed by atoms with Gasteiger partial charge in [-0.05, 0) is 32.9 Å². The van der Waals surface area contributed by atoms with E-state index in [1.165, 1.54) is 0 Å². The molecule has 1 N–H and O–H groups in total. The van der Waals surface area contributed by atoms with Crippen LogP contribution in [0.25, 0.3) is 0 Å². The lowest BCUT2D eigenvalue weighted by Crippen LogP contribution is -2.66. The molecular weight excluding hydrogens is 236 g/mol. The highest BCUT2D eigenvalue weighted by Gasteiger charge is 2.49. The maximum atomic E-state index is 12.8. The molecule has 3 heteroatoms. The molecule has 1 aliphatic rings. The van der Waals surface area contributed by atoms with E-state index in [0.717, 1.165) is 11.3 Å². The van der Waals surface area contributed by atoms with Crippen LogP contribution in [0.15, 0.2) is 24.3 Å². The number of hydrogen-bond acceptors (Lipinski definition) is 2. The van der Waals surface area contributed by atoms with Crippen LogP contribution in [0, 0.1) is 5.41 Å². The maximum absolute atomic E-state index is 12.8. The van der Waals surface area contributed by atoms with Gasteiger partial charge >= 0.3 is 0 Å². The quantitative estimate of drug-likeness (QED) is 0.834. The number of rotatable bonds is 1. The van der Waals surface area contributed by atoms with Gasteiger partial charge < -0.3 is 10.2 Å². The van der Waals surface area contributed by atoms with Gasteiger partial charge in [0.25, 0.3) is 5.91 Å². The van der Waals surface area contributed by atoms with Gasteiger partial charge in [0, 0.05) is 17.1 Å². The monoisotopic (exact) mass is 260 g/mol. The maximum Gasteiger partial charge on any atom is 0.258 e. The molecule has 1 unspecified atom stereocenters. The first kappa shape index (κ1) is 13.9.